The number of carbonyl (C=O) groups is 1. The Bertz CT molecular complexity index is 699. The lowest BCUT2D eigenvalue weighted by atomic mass is 10.0. The van der Waals surface area contributed by atoms with Crippen molar-refractivity contribution in [2.75, 3.05) is 7.11 Å². The summed E-state index contributed by atoms with van der Waals surface area (Å²) in [5, 5.41) is 9.26. The van der Waals surface area contributed by atoms with Gasteiger partial charge in [-0.15, -0.1) is 0 Å². The molecule has 4 heteroatoms. The van der Waals surface area contributed by atoms with Crippen LogP contribution in [0.4, 0.5) is 0 Å². The van der Waals surface area contributed by atoms with Crippen LogP contribution in [0.15, 0.2) is 42.5 Å². The normalized spacial score (nSPS) is 15.1. The minimum absolute atomic E-state index is 0.186. The van der Waals surface area contributed by atoms with Crippen molar-refractivity contribution >= 4 is 17.6 Å². The molecule has 20 heavy (non-hydrogen) atoms. The van der Waals surface area contributed by atoms with Crippen molar-refractivity contribution < 1.29 is 19.4 Å². The third-order valence-corrected chi connectivity index (χ3v) is 3.11. The summed E-state index contributed by atoms with van der Waals surface area (Å²) in [6.07, 6.45) is 1.74. The summed E-state index contributed by atoms with van der Waals surface area (Å²) in [7, 11) is 1.56. The average molecular weight is 268 g/mol. The number of benzene rings is 2. The summed E-state index contributed by atoms with van der Waals surface area (Å²) in [6, 6.07) is 11.9. The zero-order valence-electron chi connectivity index (χ0n) is 10.8. The zero-order chi connectivity index (χ0) is 14.1. The molecule has 3 rings (SSSR count). The molecule has 1 aliphatic rings. The van der Waals surface area contributed by atoms with E-state index >= 15 is 0 Å². The van der Waals surface area contributed by atoms with Gasteiger partial charge in [0.25, 0.3) is 0 Å². The Labute approximate surface area is 115 Å². The van der Waals surface area contributed by atoms with Crippen molar-refractivity contribution in [2.45, 2.75) is 0 Å². The molecule has 0 bridgehead atoms. The smallest absolute Gasteiger partial charge is 0.344 e. The van der Waals surface area contributed by atoms with Gasteiger partial charge in [-0.1, -0.05) is 12.1 Å². The summed E-state index contributed by atoms with van der Waals surface area (Å²) in [4.78, 5) is 11.9. The van der Waals surface area contributed by atoms with Gasteiger partial charge in [-0.3, -0.25) is 0 Å². The lowest BCUT2D eigenvalue weighted by molar-refractivity contribution is -0.126. The van der Waals surface area contributed by atoms with Gasteiger partial charge in [0.2, 0.25) is 0 Å². The molecule has 0 atom stereocenters. The van der Waals surface area contributed by atoms with Crippen LogP contribution in [0.25, 0.3) is 11.6 Å². The van der Waals surface area contributed by atoms with Gasteiger partial charge >= 0.3 is 5.97 Å². The van der Waals surface area contributed by atoms with Crippen molar-refractivity contribution in [3.63, 3.8) is 0 Å². The van der Waals surface area contributed by atoms with E-state index < -0.39 is 0 Å². The van der Waals surface area contributed by atoms with Crippen molar-refractivity contribution in [1.29, 1.82) is 0 Å². The van der Waals surface area contributed by atoms with Crippen LogP contribution in [-0.2, 0) is 4.79 Å². The number of esters is 1. The fraction of sp³-hybridized carbons (Fsp3) is 0.0625. The maximum absolute atomic E-state index is 11.9. The van der Waals surface area contributed by atoms with Crippen LogP contribution in [0.1, 0.15) is 11.1 Å². The van der Waals surface area contributed by atoms with Crippen LogP contribution in [0.5, 0.6) is 17.2 Å². The lowest BCUT2D eigenvalue weighted by Gasteiger charge is -2.01. The number of phenolic OH excluding ortho intramolecular Hbond substituents is 1. The summed E-state index contributed by atoms with van der Waals surface area (Å²) in [5.41, 5.74) is 2.05. The highest BCUT2D eigenvalue weighted by Gasteiger charge is 2.27. The number of phenols is 1. The number of methoxy groups -OCH3 is 1. The Morgan fingerprint density at radius 2 is 1.90 bits per heavy atom. The monoisotopic (exact) mass is 268 g/mol. The quantitative estimate of drug-likeness (QED) is 0.517. The van der Waals surface area contributed by atoms with E-state index in [1.165, 1.54) is 0 Å². The van der Waals surface area contributed by atoms with Crippen molar-refractivity contribution in [2.24, 2.45) is 0 Å². The Balaban J connectivity index is 2.03. The van der Waals surface area contributed by atoms with Gasteiger partial charge in [-0.25, -0.2) is 4.79 Å². The van der Waals surface area contributed by atoms with E-state index in [0.717, 1.165) is 11.1 Å². The maximum atomic E-state index is 11.9. The highest BCUT2D eigenvalue weighted by Crippen LogP contribution is 2.37. The van der Waals surface area contributed by atoms with Crippen molar-refractivity contribution in [1.82, 2.24) is 0 Å². The van der Waals surface area contributed by atoms with Gasteiger partial charge < -0.3 is 14.6 Å². The molecule has 1 heterocycles. The van der Waals surface area contributed by atoms with Crippen LogP contribution >= 0.6 is 0 Å². The van der Waals surface area contributed by atoms with Crippen LogP contribution in [0, 0.1) is 0 Å². The second-order valence-electron chi connectivity index (χ2n) is 4.40. The molecular formula is C16H12O4. The van der Waals surface area contributed by atoms with Crippen LogP contribution in [0.2, 0.25) is 0 Å². The van der Waals surface area contributed by atoms with E-state index in [1.807, 2.05) is 0 Å². The second kappa shape index (κ2) is 4.74. The Morgan fingerprint density at radius 1 is 1.15 bits per heavy atom. The molecule has 0 unspecified atom stereocenters. The third-order valence-electron chi connectivity index (χ3n) is 3.11. The molecule has 4 nitrogen and oxygen atoms in total. The van der Waals surface area contributed by atoms with Crippen LogP contribution < -0.4 is 9.47 Å². The molecule has 0 radical (unpaired) electrons. The van der Waals surface area contributed by atoms with Crippen LogP contribution in [-0.4, -0.2) is 18.2 Å². The second-order valence-corrected chi connectivity index (χ2v) is 4.40. The highest BCUT2D eigenvalue weighted by molar-refractivity contribution is 6.26. The Hall–Kier alpha value is -2.75. The predicted molar refractivity (Wildman–Crippen MR) is 74.6 cm³/mol. The highest BCUT2D eigenvalue weighted by atomic mass is 16.5. The molecule has 0 fully saturated rings. The molecule has 0 spiro atoms. The average Bonchev–Trinajstić information content (AvgIpc) is 2.76. The molecule has 0 saturated carbocycles. The molecular weight excluding hydrogens is 256 g/mol. The van der Waals surface area contributed by atoms with E-state index in [1.54, 1.807) is 55.7 Å². The molecule has 0 saturated heterocycles. The topological polar surface area (TPSA) is 55.8 Å². The maximum Gasteiger partial charge on any atom is 0.344 e. The standard InChI is InChI=1S/C16H12O4/c1-19-12-6-7-13-14(16(18)20-15(13)9-12)8-10-2-4-11(17)5-3-10/h2-9,17H,1H3/b14-8+. The fourth-order valence-electron chi connectivity index (χ4n) is 2.08. The Morgan fingerprint density at radius 3 is 2.60 bits per heavy atom. The van der Waals surface area contributed by atoms with E-state index in [-0.39, 0.29) is 11.7 Å². The largest absolute Gasteiger partial charge is 0.508 e. The number of ether oxygens (including phenoxy) is 2. The van der Waals surface area contributed by atoms with Gasteiger partial charge in [-0.2, -0.15) is 0 Å². The number of fused-ring (bicyclic) bond motifs is 1. The van der Waals surface area contributed by atoms with E-state index in [9.17, 15) is 9.90 Å². The van der Waals surface area contributed by atoms with Gasteiger partial charge in [0, 0.05) is 11.6 Å². The molecule has 0 aromatic heterocycles. The van der Waals surface area contributed by atoms with Crippen molar-refractivity contribution in [3.05, 3.63) is 53.6 Å². The number of carbonyl (C=O) groups excluding carboxylic acids is 1. The predicted octanol–water partition coefficient (Wildman–Crippen LogP) is 2.86. The molecule has 100 valence electrons. The molecule has 2 aromatic rings. The first-order valence-corrected chi connectivity index (χ1v) is 6.09. The van der Waals surface area contributed by atoms with Crippen molar-refractivity contribution in [3.8, 4) is 17.2 Å². The first-order chi connectivity index (χ1) is 9.67. The Kier molecular flexibility index (Phi) is 2.91. The number of rotatable bonds is 2. The summed E-state index contributed by atoms with van der Waals surface area (Å²) in [5.74, 6) is 0.939. The molecule has 1 aliphatic heterocycles. The third kappa shape index (κ3) is 2.12. The van der Waals surface area contributed by atoms with Gasteiger partial charge in [-0.05, 0) is 35.9 Å². The minimum Gasteiger partial charge on any atom is -0.508 e. The lowest BCUT2D eigenvalue weighted by Crippen LogP contribution is -2.00. The number of aromatic hydroxyl groups is 1. The summed E-state index contributed by atoms with van der Waals surface area (Å²) >= 11 is 0. The van der Waals surface area contributed by atoms with E-state index in [4.69, 9.17) is 9.47 Å². The van der Waals surface area contributed by atoms with Gasteiger partial charge in [0.05, 0.1) is 12.7 Å². The minimum atomic E-state index is -0.388. The molecule has 2 aromatic carbocycles. The summed E-state index contributed by atoms with van der Waals surface area (Å²) < 4.78 is 10.3. The number of hydrogen-bond donors (Lipinski definition) is 1. The molecule has 1 N–H and O–H groups in total. The zero-order valence-corrected chi connectivity index (χ0v) is 10.8. The SMILES string of the molecule is COc1ccc2c(c1)OC(=O)/C2=C/c1ccc(O)cc1. The van der Waals surface area contributed by atoms with E-state index in [0.29, 0.717) is 17.1 Å². The molecule has 0 aliphatic carbocycles. The number of hydrogen-bond acceptors (Lipinski definition) is 4. The summed E-state index contributed by atoms with van der Waals surface area (Å²) in [6.45, 7) is 0. The first kappa shape index (κ1) is 12.3. The fourth-order valence-corrected chi connectivity index (χ4v) is 2.08. The van der Waals surface area contributed by atoms with Crippen LogP contribution in [0.3, 0.4) is 0 Å². The van der Waals surface area contributed by atoms with Gasteiger partial charge in [0.15, 0.2) is 0 Å². The first-order valence-electron chi connectivity index (χ1n) is 6.09. The van der Waals surface area contributed by atoms with E-state index in [2.05, 4.69) is 0 Å². The molecule has 0 amide bonds. The van der Waals surface area contributed by atoms with Gasteiger partial charge in [0.1, 0.15) is 17.2 Å².